The highest BCUT2D eigenvalue weighted by Gasteiger charge is 2.54. The molecule has 1 unspecified atom stereocenters. The molecule has 0 saturated carbocycles. The number of Topliss-reactive ketones (excluding diaryl/α,β-unsaturated/α-hetero) is 1. The molecule has 2 aliphatic rings. The zero-order valence-electron chi connectivity index (χ0n) is 27.1. The number of nitrogen functional groups attached to an aromatic ring is 2. The minimum Gasteiger partial charge on any atom is -0.750 e. The van der Waals surface area contributed by atoms with Crippen LogP contribution in [-0.2, 0) is 53.3 Å². The largest absolute Gasteiger partial charge is 0.750 e. The molecule has 50 heavy (non-hydrogen) atoms. The Bertz CT molecular complexity index is 1740. The number of ketones is 1. The molecule has 0 spiro atoms. The number of nitrogens with one attached hydrogen (secondary N) is 2. The molecule has 3 atom stereocenters. The van der Waals surface area contributed by atoms with Gasteiger partial charge in [-0.25, -0.2) is 13.8 Å². The van der Waals surface area contributed by atoms with E-state index in [2.05, 4.69) is 36.1 Å². The molecule has 2 aliphatic heterocycles. The quantitative estimate of drug-likeness (QED) is 0.0280. The molecule has 4 heterocycles. The standard InChI is InChI=1S/C26H34N10O7S2.H2O4S/c1-6-7-29-12(2)30-15-10-35(34(5)19(15)27)9-13-11-44-22-14(21(38)36(22)18(13)23(39)40)8-16(37)17(20-31-25(28)45-33-20)32-43-26(3,4)24(41)42;1-4-5(2)3/h10,14,22,27,29-30H,2,6-9,11H2,1,3-5H3,(H4,28,31,33,39,40,41,42);1H,(H,2,3)/p-1/b32-17+;/t14-,22-;/m1./s1. The van der Waals surface area contributed by atoms with Gasteiger partial charge in [0, 0.05) is 35.8 Å². The first-order valence-electron chi connectivity index (χ1n) is 14.4. The summed E-state index contributed by atoms with van der Waals surface area (Å²) in [5.74, 6) is -3.65. The van der Waals surface area contributed by atoms with Gasteiger partial charge in [-0.2, -0.15) is 9.36 Å². The van der Waals surface area contributed by atoms with E-state index in [9.17, 15) is 29.4 Å². The Morgan fingerprint density at radius 1 is 1.32 bits per heavy atom. The van der Waals surface area contributed by atoms with Crippen LogP contribution in [0.15, 0.2) is 35.0 Å². The van der Waals surface area contributed by atoms with E-state index in [0.29, 0.717) is 22.9 Å². The monoisotopic (exact) mass is 759 g/mol. The Morgan fingerprint density at radius 2 is 1.98 bits per heavy atom. The van der Waals surface area contributed by atoms with Crippen molar-refractivity contribution in [1.82, 2.24) is 24.3 Å². The molecule has 21 nitrogen and oxygen atoms in total. The first kappa shape index (κ1) is 39.8. The molecule has 274 valence electrons. The number of carboxylic acids is 2. The lowest BCUT2D eigenvalue weighted by Gasteiger charge is -2.49. The number of fused-ring (bicyclic) bond motifs is 1. The fraction of sp³-hybridized carbons (Fsp3) is 0.462. The lowest BCUT2D eigenvalue weighted by Crippen LogP contribution is -2.62. The normalized spacial score (nSPS) is 17.9. The third kappa shape index (κ3) is 9.33. The lowest BCUT2D eigenvalue weighted by atomic mass is 9.89. The van der Waals surface area contributed by atoms with Crippen molar-refractivity contribution in [2.45, 2.75) is 51.1 Å². The number of nitrogens with zero attached hydrogens (tertiary/aromatic N) is 6. The number of β-lactam (4-membered cyclic amide) rings is 1. The van der Waals surface area contributed by atoms with Crippen LogP contribution in [0.2, 0.25) is 0 Å². The molecule has 1 fully saturated rings. The summed E-state index contributed by atoms with van der Waals surface area (Å²) < 4.78 is 27.4. The van der Waals surface area contributed by atoms with Gasteiger partial charge in [0.05, 0.1) is 35.5 Å². The summed E-state index contributed by atoms with van der Waals surface area (Å²) in [6.07, 6.45) is 2.27. The Labute approximate surface area is 295 Å². The second-order valence-electron chi connectivity index (χ2n) is 11.1. The molecule has 4 rings (SSSR count). The number of hydrogen-bond donors (Lipinski definition) is 6. The van der Waals surface area contributed by atoms with Crippen LogP contribution in [0.4, 0.5) is 16.6 Å². The number of oxime groups is 1. The number of hydrogen-bond acceptors (Lipinski definition) is 18. The zero-order chi connectivity index (χ0) is 37.5. The van der Waals surface area contributed by atoms with Crippen LogP contribution in [-0.4, -0.2) is 90.5 Å². The van der Waals surface area contributed by atoms with Gasteiger partial charge in [-0.3, -0.25) is 14.5 Å². The summed E-state index contributed by atoms with van der Waals surface area (Å²) in [7, 11) is 1.73. The van der Waals surface area contributed by atoms with E-state index in [0.717, 1.165) is 24.5 Å². The topological polar surface area (TPSA) is 317 Å². The average Bonchev–Trinajstić information content (AvgIpc) is 3.60. The maximum atomic E-state index is 13.4. The summed E-state index contributed by atoms with van der Waals surface area (Å²) >= 11 is -0.754. The van der Waals surface area contributed by atoms with Gasteiger partial charge in [-0.15, -0.1) is 21.1 Å². The van der Waals surface area contributed by atoms with Gasteiger partial charge >= 0.3 is 11.9 Å². The number of amides is 1. The van der Waals surface area contributed by atoms with Crippen LogP contribution in [0.25, 0.3) is 0 Å². The van der Waals surface area contributed by atoms with Crippen molar-refractivity contribution in [3.63, 3.8) is 0 Å². The van der Waals surface area contributed by atoms with E-state index in [1.165, 1.54) is 30.5 Å². The molecule has 0 aliphatic carbocycles. The van der Waals surface area contributed by atoms with Crippen molar-refractivity contribution in [3.05, 3.63) is 35.7 Å². The SMILES string of the molecule is C=C(NCCC)Nc1c[n+](CC2=C(C(=O)O)N3C(=O)[C@@H](CC(=O)/C(=N\OC(C)(C)C(=O)O)c4nsc(N)n4)[C@H]3SC2)n(C)c1N.O=S([O-])O[O-]. The highest BCUT2D eigenvalue weighted by Crippen LogP contribution is 2.45. The average molecular weight is 760 g/mol. The predicted molar refractivity (Wildman–Crippen MR) is 176 cm³/mol. The van der Waals surface area contributed by atoms with E-state index >= 15 is 0 Å². The lowest BCUT2D eigenvalue weighted by molar-refractivity contribution is -0.765. The van der Waals surface area contributed by atoms with E-state index < -0.39 is 57.6 Å². The van der Waals surface area contributed by atoms with Gasteiger partial charge in [0.25, 0.3) is 0 Å². The fourth-order valence-electron chi connectivity index (χ4n) is 4.52. The highest BCUT2D eigenvalue weighted by molar-refractivity contribution is 8.00. The van der Waals surface area contributed by atoms with Crippen LogP contribution >= 0.6 is 23.3 Å². The number of carboxylic acid groups (broad SMARTS) is 2. The number of rotatable bonds is 16. The summed E-state index contributed by atoms with van der Waals surface area (Å²) in [5, 5.41) is 37.4. The molecular formula is C26H35N10O11S3-. The fourth-order valence-corrected chi connectivity index (χ4v) is 6.36. The van der Waals surface area contributed by atoms with Gasteiger partial charge < -0.3 is 51.3 Å². The molecule has 8 N–H and O–H groups in total. The van der Waals surface area contributed by atoms with Gasteiger partial charge in [0.2, 0.25) is 23.5 Å². The predicted octanol–water partition coefficient (Wildman–Crippen LogP) is -1.60. The van der Waals surface area contributed by atoms with Crippen LogP contribution in [0.5, 0.6) is 0 Å². The first-order chi connectivity index (χ1) is 23.4. The van der Waals surface area contributed by atoms with E-state index in [1.54, 1.807) is 22.6 Å². The van der Waals surface area contributed by atoms with Crippen LogP contribution in [0, 0.1) is 5.92 Å². The van der Waals surface area contributed by atoms with Gasteiger partial charge in [-0.05, 0) is 20.3 Å². The Morgan fingerprint density at radius 3 is 2.52 bits per heavy atom. The number of nitrogens with two attached hydrogens (primary N) is 2. The van der Waals surface area contributed by atoms with E-state index in [4.69, 9.17) is 30.3 Å². The molecule has 1 amide bonds. The number of carbonyl (C=O) groups excluding carboxylic acids is 2. The molecule has 24 heteroatoms. The molecule has 2 aromatic rings. The minimum atomic E-state index is -2.88. The maximum Gasteiger partial charge on any atom is 0.352 e. The van der Waals surface area contributed by atoms with Crippen LogP contribution in [0.3, 0.4) is 0 Å². The van der Waals surface area contributed by atoms with Crippen molar-refractivity contribution in [1.29, 1.82) is 0 Å². The van der Waals surface area contributed by atoms with E-state index in [1.807, 2.05) is 6.92 Å². The minimum absolute atomic E-state index is 0.0411. The molecule has 0 radical (unpaired) electrons. The van der Waals surface area contributed by atoms with Crippen LogP contribution in [0.1, 0.15) is 39.4 Å². The van der Waals surface area contributed by atoms with E-state index in [-0.39, 0.29) is 35.4 Å². The zero-order valence-corrected chi connectivity index (χ0v) is 29.6. The Kier molecular flexibility index (Phi) is 13.4. The van der Waals surface area contributed by atoms with Crippen molar-refractivity contribution >= 4 is 80.6 Å². The van der Waals surface area contributed by atoms with Crippen molar-refractivity contribution in [2.24, 2.45) is 18.1 Å². The second kappa shape index (κ2) is 16.9. The smallest absolute Gasteiger partial charge is 0.352 e. The summed E-state index contributed by atoms with van der Waals surface area (Å²) in [6.45, 7) is 9.31. The summed E-state index contributed by atoms with van der Waals surface area (Å²) in [5.41, 5.74) is 10.7. The molecule has 0 bridgehead atoms. The van der Waals surface area contributed by atoms with Crippen molar-refractivity contribution < 1.29 is 57.3 Å². The Hall–Kier alpha value is -4.62. The van der Waals surface area contributed by atoms with Crippen LogP contribution < -0.4 is 32.0 Å². The summed E-state index contributed by atoms with van der Waals surface area (Å²) in [4.78, 5) is 60.9. The number of carbonyl (C=O) groups is 4. The molecular weight excluding hydrogens is 725 g/mol. The number of aromatic nitrogens is 4. The highest BCUT2D eigenvalue weighted by atomic mass is 32.2. The first-order valence-corrected chi connectivity index (χ1v) is 17.2. The number of aliphatic carboxylic acids is 2. The van der Waals surface area contributed by atoms with Gasteiger partial charge in [-0.1, -0.05) is 18.7 Å². The van der Waals surface area contributed by atoms with Crippen molar-refractivity contribution in [3.8, 4) is 0 Å². The Balaban J connectivity index is 0.00000126. The van der Waals surface area contributed by atoms with Gasteiger partial charge in [0.15, 0.2) is 34.7 Å². The maximum absolute atomic E-state index is 13.4. The number of thioether (sulfide) groups is 1. The third-order valence-electron chi connectivity index (χ3n) is 7.13. The second-order valence-corrected chi connectivity index (χ2v) is 13.5. The van der Waals surface area contributed by atoms with Gasteiger partial charge in [0.1, 0.15) is 5.70 Å². The summed E-state index contributed by atoms with van der Waals surface area (Å²) in [6, 6.07) is 0. The molecule has 1 saturated heterocycles. The molecule has 2 aromatic heterocycles. The van der Waals surface area contributed by atoms with Crippen molar-refractivity contribution in [2.75, 3.05) is 29.1 Å². The molecule has 0 aromatic carbocycles. The third-order valence-corrected chi connectivity index (χ3v) is 9.18. The number of anilines is 3.